The number of nitrogens with one attached hydrogen (secondary N) is 2. The lowest BCUT2D eigenvalue weighted by Gasteiger charge is -1.96. The number of carbonyl (C=O) groups excluding carboxylic acids is 1. The Morgan fingerprint density at radius 2 is 2.75 bits per heavy atom. The Balaban J connectivity index is 2.33. The van der Waals surface area contributed by atoms with Crippen LogP contribution in [0.1, 0.15) is 6.42 Å². The fourth-order valence-corrected chi connectivity index (χ4v) is 0.646. The average Bonchev–Trinajstić information content (AvgIpc) is 2.19. The molecule has 8 heavy (non-hydrogen) atoms. The monoisotopic (exact) mass is 111 g/mol. The predicted octanol–water partition coefficient (Wildman–Crippen LogP) is -0.522. The fraction of sp³-hybridized carbons (Fsp3) is 0.400. The van der Waals surface area contributed by atoms with Crippen molar-refractivity contribution < 1.29 is 4.79 Å². The van der Waals surface area contributed by atoms with Crippen molar-refractivity contribution in [2.45, 2.75) is 6.42 Å². The van der Waals surface area contributed by atoms with Crippen molar-refractivity contribution in [2.24, 2.45) is 0 Å². The summed E-state index contributed by atoms with van der Waals surface area (Å²) in [5.41, 5.74) is 0. The molecule has 0 aromatic heterocycles. The molecule has 1 rings (SSSR count). The topological polar surface area (TPSA) is 41.1 Å². The first-order valence-corrected chi connectivity index (χ1v) is 2.50. The van der Waals surface area contributed by atoms with Crippen molar-refractivity contribution in [1.29, 1.82) is 0 Å². The smallest absolute Gasteiger partial charge is 0.315 e. The minimum Gasteiger partial charge on any atom is -0.372 e. The van der Waals surface area contributed by atoms with Crippen LogP contribution in [0.25, 0.3) is 0 Å². The van der Waals surface area contributed by atoms with Gasteiger partial charge >= 0.3 is 6.41 Å². The molecule has 0 aliphatic carbocycles. The molecular weight excluding hydrogens is 104 g/mol. The lowest BCUT2D eigenvalue weighted by atomic mass is 10.5. The summed E-state index contributed by atoms with van der Waals surface area (Å²) in [5.74, 6) is 0.778. The first kappa shape index (κ1) is 5.15. The van der Waals surface area contributed by atoms with Crippen LogP contribution in [0.4, 0.5) is 0 Å². The number of amides is 1. The molecule has 0 saturated heterocycles. The molecular formula is C5H7N2O. The summed E-state index contributed by atoms with van der Waals surface area (Å²) < 4.78 is 0. The van der Waals surface area contributed by atoms with Gasteiger partial charge in [-0.15, -0.1) is 0 Å². The van der Waals surface area contributed by atoms with Crippen molar-refractivity contribution in [1.82, 2.24) is 10.6 Å². The van der Waals surface area contributed by atoms with E-state index in [4.69, 9.17) is 0 Å². The highest BCUT2D eigenvalue weighted by Gasteiger charge is 1.98. The summed E-state index contributed by atoms with van der Waals surface area (Å²) in [7, 11) is 0. The quantitative estimate of drug-likeness (QED) is 0.471. The van der Waals surface area contributed by atoms with E-state index in [0.29, 0.717) is 0 Å². The molecule has 0 spiro atoms. The number of hydrogen-bond donors (Lipinski definition) is 2. The highest BCUT2D eigenvalue weighted by Crippen LogP contribution is 1.94. The molecule has 0 aromatic rings. The highest BCUT2D eigenvalue weighted by atomic mass is 16.1. The SMILES string of the molecule is O=[C]NC1=CCCN1. The molecule has 1 aliphatic rings. The van der Waals surface area contributed by atoms with Gasteiger partial charge in [0.25, 0.3) is 0 Å². The normalized spacial score (nSPS) is 16.8. The minimum atomic E-state index is 0.778. The van der Waals surface area contributed by atoms with Crippen molar-refractivity contribution in [3.63, 3.8) is 0 Å². The summed E-state index contributed by atoms with van der Waals surface area (Å²) in [5, 5.41) is 5.33. The molecule has 1 radical (unpaired) electrons. The third-order valence-electron chi connectivity index (χ3n) is 0.994. The standard InChI is InChI=1S/C5H7N2O/c8-4-7-5-2-1-3-6-5/h2,6H,1,3H2,(H,7,8). The fourth-order valence-electron chi connectivity index (χ4n) is 0.646. The van der Waals surface area contributed by atoms with E-state index in [9.17, 15) is 4.79 Å². The average molecular weight is 111 g/mol. The van der Waals surface area contributed by atoms with E-state index in [1.807, 2.05) is 6.08 Å². The van der Waals surface area contributed by atoms with Gasteiger partial charge in [0, 0.05) is 6.54 Å². The van der Waals surface area contributed by atoms with Crippen molar-refractivity contribution in [2.75, 3.05) is 6.54 Å². The molecule has 1 aliphatic heterocycles. The number of rotatable bonds is 2. The van der Waals surface area contributed by atoms with Gasteiger partial charge in [0.1, 0.15) is 5.82 Å². The van der Waals surface area contributed by atoms with Crippen LogP contribution in [-0.4, -0.2) is 13.0 Å². The van der Waals surface area contributed by atoms with E-state index >= 15 is 0 Å². The van der Waals surface area contributed by atoms with E-state index in [-0.39, 0.29) is 0 Å². The second-order valence-corrected chi connectivity index (χ2v) is 1.56. The largest absolute Gasteiger partial charge is 0.372 e. The first-order chi connectivity index (χ1) is 3.93. The zero-order valence-electron chi connectivity index (χ0n) is 4.40. The van der Waals surface area contributed by atoms with Gasteiger partial charge in [-0.1, -0.05) is 0 Å². The molecule has 0 saturated carbocycles. The van der Waals surface area contributed by atoms with Crippen LogP contribution in [-0.2, 0) is 4.79 Å². The minimum absolute atomic E-state index is 0.778. The molecule has 0 atom stereocenters. The maximum absolute atomic E-state index is 9.64. The van der Waals surface area contributed by atoms with Gasteiger partial charge in [-0.2, -0.15) is 0 Å². The predicted molar refractivity (Wildman–Crippen MR) is 29.5 cm³/mol. The Labute approximate surface area is 47.8 Å². The van der Waals surface area contributed by atoms with Gasteiger partial charge < -0.3 is 10.6 Å². The summed E-state index contributed by atoms with van der Waals surface area (Å²) in [6.07, 6.45) is 4.49. The third-order valence-corrected chi connectivity index (χ3v) is 0.994. The maximum Gasteiger partial charge on any atom is 0.315 e. The zero-order chi connectivity index (χ0) is 5.82. The first-order valence-electron chi connectivity index (χ1n) is 2.50. The van der Waals surface area contributed by atoms with Crippen LogP contribution >= 0.6 is 0 Å². The van der Waals surface area contributed by atoms with Crippen LogP contribution in [0.2, 0.25) is 0 Å². The maximum atomic E-state index is 9.64. The Kier molecular flexibility index (Phi) is 1.51. The lowest BCUT2D eigenvalue weighted by molar-refractivity contribution is 0.546. The summed E-state index contributed by atoms with van der Waals surface area (Å²) in [4.78, 5) is 9.64. The van der Waals surface area contributed by atoms with Gasteiger partial charge in [-0.3, -0.25) is 4.79 Å². The van der Waals surface area contributed by atoms with Gasteiger partial charge in [-0.05, 0) is 12.5 Å². The van der Waals surface area contributed by atoms with E-state index in [0.717, 1.165) is 18.8 Å². The Bertz CT molecular complexity index is 120. The van der Waals surface area contributed by atoms with E-state index in [2.05, 4.69) is 10.6 Å². The molecule has 1 heterocycles. The van der Waals surface area contributed by atoms with Crippen LogP contribution in [0.5, 0.6) is 0 Å². The van der Waals surface area contributed by atoms with Crippen molar-refractivity contribution in [3.8, 4) is 0 Å². The third kappa shape index (κ3) is 0.992. The van der Waals surface area contributed by atoms with Gasteiger partial charge in [0.2, 0.25) is 0 Å². The van der Waals surface area contributed by atoms with Crippen LogP contribution in [0.3, 0.4) is 0 Å². The molecule has 0 fully saturated rings. The van der Waals surface area contributed by atoms with Gasteiger partial charge in [-0.25, -0.2) is 0 Å². The number of hydrogen-bond acceptors (Lipinski definition) is 2. The molecule has 3 heteroatoms. The molecule has 0 aromatic carbocycles. The van der Waals surface area contributed by atoms with Crippen molar-refractivity contribution in [3.05, 3.63) is 11.9 Å². The molecule has 0 unspecified atom stereocenters. The summed E-state index contributed by atoms with van der Waals surface area (Å²) in [6.45, 7) is 0.921. The second kappa shape index (κ2) is 2.35. The summed E-state index contributed by atoms with van der Waals surface area (Å²) in [6, 6.07) is 0. The molecule has 1 amide bonds. The molecule has 43 valence electrons. The molecule has 3 nitrogen and oxygen atoms in total. The summed E-state index contributed by atoms with van der Waals surface area (Å²) >= 11 is 0. The lowest BCUT2D eigenvalue weighted by Crippen LogP contribution is -2.20. The highest BCUT2D eigenvalue weighted by molar-refractivity contribution is 5.50. The van der Waals surface area contributed by atoms with Crippen LogP contribution < -0.4 is 10.6 Å². The van der Waals surface area contributed by atoms with Crippen molar-refractivity contribution >= 4 is 6.41 Å². The molecule has 0 bridgehead atoms. The van der Waals surface area contributed by atoms with Crippen LogP contribution in [0.15, 0.2) is 11.9 Å². The Morgan fingerprint density at radius 1 is 1.88 bits per heavy atom. The van der Waals surface area contributed by atoms with E-state index in [1.165, 1.54) is 0 Å². The second-order valence-electron chi connectivity index (χ2n) is 1.56. The molecule has 2 N–H and O–H groups in total. The zero-order valence-corrected chi connectivity index (χ0v) is 4.40. The van der Waals surface area contributed by atoms with E-state index < -0.39 is 0 Å². The Morgan fingerprint density at radius 3 is 3.25 bits per heavy atom. The van der Waals surface area contributed by atoms with Gasteiger partial charge in [0.15, 0.2) is 0 Å². The Hall–Kier alpha value is -0.990. The van der Waals surface area contributed by atoms with Gasteiger partial charge in [0.05, 0.1) is 0 Å². The van der Waals surface area contributed by atoms with E-state index in [1.54, 1.807) is 6.41 Å². The van der Waals surface area contributed by atoms with Crippen LogP contribution in [0, 0.1) is 0 Å².